The van der Waals surface area contributed by atoms with Crippen LogP contribution in [0.3, 0.4) is 0 Å². The third-order valence-electron chi connectivity index (χ3n) is 5.31. The van der Waals surface area contributed by atoms with Crippen LogP contribution in [0.25, 0.3) is 0 Å². The lowest BCUT2D eigenvalue weighted by atomic mass is 9.94. The number of hydrogen-bond acceptors (Lipinski definition) is 5. The van der Waals surface area contributed by atoms with Gasteiger partial charge < -0.3 is 21.1 Å². The zero-order chi connectivity index (χ0) is 19.6. The highest BCUT2D eigenvalue weighted by atomic mass is 35.5. The molecule has 1 aliphatic rings. The highest BCUT2D eigenvalue weighted by molar-refractivity contribution is 5.86. The van der Waals surface area contributed by atoms with E-state index in [1.807, 2.05) is 12.1 Å². The SMILES string of the molecule is Cl.Cl.Cl.O=C(NCCc1ccncc1)C(NCCC1CCNCC1)c1ccc(O)cc1. The molecule has 2 heterocycles. The first kappa shape index (κ1) is 29.4. The first-order valence-electron chi connectivity index (χ1n) is 10.1. The summed E-state index contributed by atoms with van der Waals surface area (Å²) in [5.74, 6) is 0.879. The van der Waals surface area contributed by atoms with Crippen molar-refractivity contribution in [3.63, 3.8) is 0 Å². The van der Waals surface area contributed by atoms with Crippen molar-refractivity contribution in [2.75, 3.05) is 26.2 Å². The molecule has 174 valence electrons. The van der Waals surface area contributed by atoms with E-state index in [0.29, 0.717) is 12.5 Å². The molecule has 4 N–H and O–H groups in total. The molecule has 31 heavy (non-hydrogen) atoms. The first-order valence-corrected chi connectivity index (χ1v) is 10.1. The van der Waals surface area contributed by atoms with E-state index < -0.39 is 6.04 Å². The minimum Gasteiger partial charge on any atom is -0.508 e. The second-order valence-corrected chi connectivity index (χ2v) is 7.36. The van der Waals surface area contributed by atoms with Gasteiger partial charge in [-0.1, -0.05) is 12.1 Å². The van der Waals surface area contributed by atoms with Gasteiger partial charge >= 0.3 is 0 Å². The number of aromatic nitrogens is 1. The Kier molecular flexibility index (Phi) is 15.3. The molecule has 0 radical (unpaired) electrons. The van der Waals surface area contributed by atoms with Crippen LogP contribution in [0, 0.1) is 5.92 Å². The molecule has 1 aliphatic heterocycles. The summed E-state index contributed by atoms with van der Waals surface area (Å²) in [6.07, 6.45) is 7.76. The van der Waals surface area contributed by atoms with Gasteiger partial charge in [0, 0.05) is 18.9 Å². The van der Waals surface area contributed by atoms with E-state index in [0.717, 1.165) is 43.6 Å². The standard InChI is InChI=1S/C22H30N4O2.3ClH/c27-20-3-1-19(2-4-20)21(25-15-9-17-5-11-23-12-6-17)22(28)26-16-10-18-7-13-24-14-8-18;;;/h1-4,7-8,13-14,17,21,23,25,27H,5-6,9-12,15-16H2,(H,26,28);3*1H. The van der Waals surface area contributed by atoms with Crippen molar-refractivity contribution >= 4 is 43.1 Å². The molecule has 0 aliphatic carbocycles. The molecule has 1 aromatic carbocycles. The molecule has 2 aromatic rings. The van der Waals surface area contributed by atoms with E-state index in [2.05, 4.69) is 20.9 Å². The number of nitrogens with one attached hydrogen (secondary N) is 3. The van der Waals surface area contributed by atoms with Crippen molar-refractivity contribution in [2.24, 2.45) is 5.92 Å². The fourth-order valence-corrected chi connectivity index (χ4v) is 3.61. The van der Waals surface area contributed by atoms with Gasteiger partial charge in [-0.3, -0.25) is 9.78 Å². The molecule has 1 atom stereocenters. The number of benzene rings is 1. The molecule has 1 aromatic heterocycles. The maximum absolute atomic E-state index is 12.8. The summed E-state index contributed by atoms with van der Waals surface area (Å²) in [6, 6.07) is 10.4. The number of piperidine rings is 1. The molecule has 9 heteroatoms. The zero-order valence-electron chi connectivity index (χ0n) is 17.5. The molecule has 1 amide bonds. The Balaban J connectivity index is 0.00000300. The van der Waals surface area contributed by atoms with Crippen LogP contribution in [0.1, 0.15) is 36.4 Å². The number of rotatable bonds is 9. The van der Waals surface area contributed by atoms with Gasteiger partial charge in [0.2, 0.25) is 5.91 Å². The number of aromatic hydroxyl groups is 1. The lowest BCUT2D eigenvalue weighted by Crippen LogP contribution is -2.39. The summed E-state index contributed by atoms with van der Waals surface area (Å²) in [5.41, 5.74) is 2.01. The number of amides is 1. The number of carbonyl (C=O) groups is 1. The van der Waals surface area contributed by atoms with Gasteiger partial charge in [0.1, 0.15) is 11.8 Å². The van der Waals surface area contributed by atoms with E-state index in [9.17, 15) is 9.90 Å². The number of hydrogen-bond donors (Lipinski definition) is 4. The minimum absolute atomic E-state index is 0. The Morgan fingerprint density at radius 2 is 1.68 bits per heavy atom. The van der Waals surface area contributed by atoms with Crippen LogP contribution in [0.15, 0.2) is 48.8 Å². The Bertz CT molecular complexity index is 729. The van der Waals surface area contributed by atoms with Gasteiger partial charge in [-0.2, -0.15) is 0 Å². The van der Waals surface area contributed by atoms with Crippen LogP contribution in [0.2, 0.25) is 0 Å². The molecule has 3 rings (SSSR count). The van der Waals surface area contributed by atoms with Crippen molar-refractivity contribution in [3.8, 4) is 5.75 Å². The predicted molar refractivity (Wildman–Crippen MR) is 132 cm³/mol. The Hall–Kier alpha value is -1.57. The van der Waals surface area contributed by atoms with Crippen LogP contribution in [0.5, 0.6) is 5.75 Å². The molecule has 1 unspecified atom stereocenters. The number of nitrogens with zero attached hydrogens (tertiary/aromatic N) is 1. The highest BCUT2D eigenvalue weighted by Gasteiger charge is 2.21. The Morgan fingerprint density at radius 1 is 1.03 bits per heavy atom. The number of carbonyl (C=O) groups excluding carboxylic acids is 1. The van der Waals surface area contributed by atoms with Crippen molar-refractivity contribution in [1.29, 1.82) is 0 Å². The molecule has 1 saturated heterocycles. The smallest absolute Gasteiger partial charge is 0.241 e. The highest BCUT2D eigenvalue weighted by Crippen LogP contribution is 2.19. The molecule has 6 nitrogen and oxygen atoms in total. The Morgan fingerprint density at radius 3 is 2.32 bits per heavy atom. The largest absolute Gasteiger partial charge is 0.508 e. The Labute approximate surface area is 203 Å². The maximum atomic E-state index is 12.8. The fourth-order valence-electron chi connectivity index (χ4n) is 3.61. The van der Waals surface area contributed by atoms with Crippen LogP contribution in [-0.2, 0) is 11.2 Å². The van der Waals surface area contributed by atoms with E-state index in [4.69, 9.17) is 0 Å². The van der Waals surface area contributed by atoms with E-state index >= 15 is 0 Å². The monoisotopic (exact) mass is 490 g/mol. The second kappa shape index (κ2) is 16.1. The number of phenols is 1. The summed E-state index contributed by atoms with van der Waals surface area (Å²) >= 11 is 0. The number of pyridine rings is 1. The van der Waals surface area contributed by atoms with Crippen LogP contribution < -0.4 is 16.0 Å². The third-order valence-corrected chi connectivity index (χ3v) is 5.31. The van der Waals surface area contributed by atoms with E-state index in [-0.39, 0.29) is 48.9 Å². The molecule has 1 fully saturated rings. The lowest BCUT2D eigenvalue weighted by molar-refractivity contribution is -0.123. The van der Waals surface area contributed by atoms with Gasteiger partial charge in [-0.05, 0) is 86.6 Å². The lowest BCUT2D eigenvalue weighted by Gasteiger charge is -2.24. The van der Waals surface area contributed by atoms with Crippen molar-refractivity contribution in [1.82, 2.24) is 20.9 Å². The van der Waals surface area contributed by atoms with Crippen LogP contribution in [-0.4, -0.2) is 42.2 Å². The van der Waals surface area contributed by atoms with E-state index in [1.54, 1.807) is 36.7 Å². The van der Waals surface area contributed by atoms with Gasteiger partial charge in [-0.25, -0.2) is 0 Å². The van der Waals surface area contributed by atoms with Crippen LogP contribution in [0.4, 0.5) is 0 Å². The second-order valence-electron chi connectivity index (χ2n) is 7.36. The number of phenolic OH excluding ortho intramolecular Hbond substituents is 1. The normalized spacial score (nSPS) is 14.3. The number of halogens is 3. The maximum Gasteiger partial charge on any atom is 0.241 e. The van der Waals surface area contributed by atoms with Gasteiger partial charge in [-0.15, -0.1) is 37.2 Å². The summed E-state index contributed by atoms with van der Waals surface area (Å²) in [5, 5.41) is 19.4. The summed E-state index contributed by atoms with van der Waals surface area (Å²) in [6.45, 7) is 3.55. The summed E-state index contributed by atoms with van der Waals surface area (Å²) < 4.78 is 0. The van der Waals surface area contributed by atoms with Crippen molar-refractivity contribution in [2.45, 2.75) is 31.7 Å². The molecule has 0 spiro atoms. The fraction of sp³-hybridized carbons (Fsp3) is 0.455. The van der Waals surface area contributed by atoms with Crippen molar-refractivity contribution < 1.29 is 9.90 Å². The topological polar surface area (TPSA) is 86.3 Å². The third kappa shape index (κ3) is 10.1. The zero-order valence-corrected chi connectivity index (χ0v) is 19.9. The van der Waals surface area contributed by atoms with E-state index in [1.165, 1.54) is 12.8 Å². The van der Waals surface area contributed by atoms with Crippen molar-refractivity contribution in [3.05, 3.63) is 59.9 Å². The quantitative estimate of drug-likeness (QED) is 0.432. The molecular weight excluding hydrogens is 459 g/mol. The van der Waals surface area contributed by atoms with Gasteiger partial charge in [0.15, 0.2) is 0 Å². The first-order chi connectivity index (χ1) is 13.7. The van der Waals surface area contributed by atoms with Gasteiger partial charge in [0.05, 0.1) is 0 Å². The predicted octanol–water partition coefficient (Wildman–Crippen LogP) is 3.43. The average Bonchev–Trinajstić information content (AvgIpc) is 2.73. The molecule has 0 saturated carbocycles. The van der Waals surface area contributed by atoms with Gasteiger partial charge in [0.25, 0.3) is 0 Å². The minimum atomic E-state index is -0.417. The summed E-state index contributed by atoms with van der Waals surface area (Å²) in [7, 11) is 0. The summed E-state index contributed by atoms with van der Waals surface area (Å²) in [4.78, 5) is 16.9. The van der Waals surface area contributed by atoms with Crippen LogP contribution >= 0.6 is 37.2 Å². The molecular formula is C22H33Cl3N4O2. The molecule has 0 bridgehead atoms. The average molecular weight is 492 g/mol.